The summed E-state index contributed by atoms with van der Waals surface area (Å²) in [6.07, 6.45) is 4.35. The van der Waals surface area contributed by atoms with Crippen molar-refractivity contribution in [3.63, 3.8) is 0 Å². The van der Waals surface area contributed by atoms with Crippen molar-refractivity contribution in [3.8, 4) is 11.3 Å². The summed E-state index contributed by atoms with van der Waals surface area (Å²) in [6, 6.07) is 9.37. The summed E-state index contributed by atoms with van der Waals surface area (Å²) in [7, 11) is 0. The van der Waals surface area contributed by atoms with Gasteiger partial charge in [0, 0.05) is 24.1 Å². The summed E-state index contributed by atoms with van der Waals surface area (Å²) < 4.78 is 1.81. The van der Waals surface area contributed by atoms with Crippen LogP contribution in [-0.4, -0.2) is 22.1 Å². The van der Waals surface area contributed by atoms with Crippen LogP contribution >= 0.6 is 11.6 Å². The minimum absolute atomic E-state index is 0.00616. The van der Waals surface area contributed by atoms with Crippen LogP contribution in [0.1, 0.15) is 56.1 Å². The Bertz CT molecular complexity index is 649. The number of hydrogen-bond donors (Lipinski definition) is 1. The second-order valence-electron chi connectivity index (χ2n) is 5.81. The van der Waals surface area contributed by atoms with Crippen LogP contribution in [0, 0.1) is 0 Å². The number of Topliss-reactive ketones (excluding diaryl/α,β-unsaturated/α-hetero) is 1. The lowest BCUT2D eigenvalue weighted by atomic mass is 10.1. The monoisotopic (exact) mass is 333 g/mol. The molecule has 0 aliphatic carbocycles. The third-order valence-corrected chi connectivity index (χ3v) is 4.25. The van der Waals surface area contributed by atoms with Crippen LogP contribution in [0.3, 0.4) is 0 Å². The maximum absolute atomic E-state index is 12.0. The average Bonchev–Trinajstić information content (AvgIpc) is 2.97. The van der Waals surface area contributed by atoms with Crippen molar-refractivity contribution in [2.45, 2.75) is 45.6 Å². The second-order valence-corrected chi connectivity index (χ2v) is 6.24. The van der Waals surface area contributed by atoms with E-state index < -0.39 is 0 Å². The van der Waals surface area contributed by atoms with E-state index in [0.29, 0.717) is 17.3 Å². The number of nitrogens with zero attached hydrogens (tertiary/aromatic N) is 2. The number of nitrogens with two attached hydrogens (primary N) is 1. The zero-order valence-corrected chi connectivity index (χ0v) is 14.5. The second kappa shape index (κ2) is 8.27. The van der Waals surface area contributed by atoms with E-state index in [1.807, 2.05) is 35.0 Å². The standard InChI is InChI=1S/C18H24ClN3O/c1-3-4-5-6-16(12-20)22-18(13(2)23)11-17(21-22)14-7-9-15(19)10-8-14/h7-11,16H,3-6,12,20H2,1-2H3. The Hall–Kier alpha value is -1.65. The summed E-state index contributed by atoms with van der Waals surface area (Å²) in [4.78, 5) is 12.0. The van der Waals surface area contributed by atoms with Gasteiger partial charge in [-0.1, -0.05) is 49.9 Å². The van der Waals surface area contributed by atoms with E-state index in [4.69, 9.17) is 17.3 Å². The quantitative estimate of drug-likeness (QED) is 0.572. The van der Waals surface area contributed by atoms with Crippen LogP contribution in [0.2, 0.25) is 5.02 Å². The normalized spacial score (nSPS) is 12.3. The van der Waals surface area contributed by atoms with Crippen molar-refractivity contribution in [1.29, 1.82) is 0 Å². The first-order valence-corrected chi connectivity index (χ1v) is 8.51. The predicted molar refractivity (Wildman–Crippen MR) is 94.9 cm³/mol. The molecule has 1 unspecified atom stereocenters. The van der Waals surface area contributed by atoms with Crippen LogP contribution in [0.15, 0.2) is 30.3 Å². The van der Waals surface area contributed by atoms with Gasteiger partial charge in [-0.15, -0.1) is 0 Å². The fourth-order valence-electron chi connectivity index (χ4n) is 2.67. The molecule has 1 aromatic carbocycles. The molecule has 23 heavy (non-hydrogen) atoms. The molecule has 0 amide bonds. The minimum atomic E-state index is 0.00616. The third kappa shape index (κ3) is 4.43. The molecular weight excluding hydrogens is 310 g/mol. The SMILES string of the molecule is CCCCCC(CN)n1nc(-c2ccc(Cl)cc2)cc1C(C)=O. The molecule has 124 valence electrons. The van der Waals surface area contributed by atoms with Crippen molar-refractivity contribution in [3.05, 3.63) is 41.0 Å². The smallest absolute Gasteiger partial charge is 0.177 e. The maximum atomic E-state index is 12.0. The summed E-state index contributed by atoms with van der Waals surface area (Å²) in [5, 5.41) is 5.33. The number of ketones is 1. The minimum Gasteiger partial charge on any atom is -0.328 e. The van der Waals surface area contributed by atoms with Crippen molar-refractivity contribution < 1.29 is 4.79 Å². The summed E-state index contributed by atoms with van der Waals surface area (Å²) in [5.74, 6) is 0.00616. The molecule has 1 heterocycles. The number of unbranched alkanes of at least 4 members (excludes halogenated alkanes) is 2. The number of rotatable bonds is 8. The number of benzene rings is 1. The number of carbonyl (C=O) groups is 1. The molecular formula is C18H24ClN3O. The summed E-state index contributed by atoms with van der Waals surface area (Å²) in [6.45, 7) is 4.22. The van der Waals surface area contributed by atoms with Gasteiger partial charge >= 0.3 is 0 Å². The third-order valence-electron chi connectivity index (χ3n) is 4.00. The van der Waals surface area contributed by atoms with Crippen molar-refractivity contribution >= 4 is 17.4 Å². The fraction of sp³-hybridized carbons (Fsp3) is 0.444. The molecule has 0 saturated carbocycles. The van der Waals surface area contributed by atoms with E-state index in [0.717, 1.165) is 36.9 Å². The Morgan fingerprint density at radius 1 is 1.30 bits per heavy atom. The molecule has 1 aromatic heterocycles. The van der Waals surface area contributed by atoms with Crippen LogP contribution in [0.25, 0.3) is 11.3 Å². The highest BCUT2D eigenvalue weighted by Crippen LogP contribution is 2.25. The molecule has 2 N–H and O–H groups in total. The van der Waals surface area contributed by atoms with Gasteiger partial charge in [-0.05, 0) is 24.6 Å². The first kappa shape index (κ1) is 17.7. The highest BCUT2D eigenvalue weighted by molar-refractivity contribution is 6.30. The van der Waals surface area contributed by atoms with Gasteiger partial charge in [0.05, 0.1) is 11.7 Å². The first-order chi connectivity index (χ1) is 11.1. The van der Waals surface area contributed by atoms with Crippen molar-refractivity contribution in [1.82, 2.24) is 9.78 Å². The Morgan fingerprint density at radius 2 is 2.00 bits per heavy atom. The summed E-state index contributed by atoms with van der Waals surface area (Å²) >= 11 is 5.93. The Labute approximate surface area is 142 Å². The number of carbonyl (C=O) groups excluding carboxylic acids is 1. The first-order valence-electron chi connectivity index (χ1n) is 8.13. The Morgan fingerprint density at radius 3 is 2.57 bits per heavy atom. The van der Waals surface area contributed by atoms with Crippen LogP contribution in [0.5, 0.6) is 0 Å². The maximum Gasteiger partial charge on any atom is 0.177 e. The Kier molecular flexibility index (Phi) is 6.37. The topological polar surface area (TPSA) is 60.9 Å². The zero-order chi connectivity index (χ0) is 16.8. The molecule has 0 spiro atoms. The number of hydrogen-bond acceptors (Lipinski definition) is 3. The molecule has 0 fully saturated rings. The lowest BCUT2D eigenvalue weighted by molar-refractivity contribution is 0.1000. The molecule has 5 heteroatoms. The molecule has 1 atom stereocenters. The molecule has 4 nitrogen and oxygen atoms in total. The molecule has 0 radical (unpaired) electrons. The molecule has 2 aromatic rings. The number of aromatic nitrogens is 2. The largest absolute Gasteiger partial charge is 0.328 e. The zero-order valence-electron chi connectivity index (χ0n) is 13.8. The molecule has 0 aliphatic heterocycles. The Balaban J connectivity index is 2.33. The van der Waals surface area contributed by atoms with Crippen LogP contribution in [-0.2, 0) is 0 Å². The van der Waals surface area contributed by atoms with Gasteiger partial charge in [0.1, 0.15) is 5.69 Å². The van der Waals surface area contributed by atoms with Crippen LogP contribution < -0.4 is 5.73 Å². The van der Waals surface area contributed by atoms with Gasteiger partial charge in [0.2, 0.25) is 0 Å². The molecule has 0 saturated heterocycles. The van der Waals surface area contributed by atoms with Gasteiger partial charge in [0.15, 0.2) is 5.78 Å². The van der Waals surface area contributed by atoms with E-state index in [9.17, 15) is 4.79 Å². The number of halogens is 1. The summed E-state index contributed by atoms with van der Waals surface area (Å²) in [5.41, 5.74) is 8.27. The van der Waals surface area contributed by atoms with E-state index in [1.54, 1.807) is 6.92 Å². The van der Waals surface area contributed by atoms with E-state index in [2.05, 4.69) is 12.0 Å². The van der Waals surface area contributed by atoms with Gasteiger partial charge in [-0.3, -0.25) is 9.48 Å². The van der Waals surface area contributed by atoms with Gasteiger partial charge in [-0.2, -0.15) is 5.10 Å². The van der Waals surface area contributed by atoms with E-state index >= 15 is 0 Å². The molecule has 0 bridgehead atoms. The lowest BCUT2D eigenvalue weighted by Crippen LogP contribution is -2.23. The highest BCUT2D eigenvalue weighted by Gasteiger charge is 2.19. The molecule has 2 rings (SSSR count). The molecule has 0 aliphatic rings. The van der Waals surface area contributed by atoms with Gasteiger partial charge < -0.3 is 5.73 Å². The van der Waals surface area contributed by atoms with E-state index in [-0.39, 0.29) is 11.8 Å². The van der Waals surface area contributed by atoms with Crippen molar-refractivity contribution in [2.75, 3.05) is 6.54 Å². The van der Waals surface area contributed by atoms with Crippen molar-refractivity contribution in [2.24, 2.45) is 5.73 Å². The van der Waals surface area contributed by atoms with Gasteiger partial charge in [-0.25, -0.2) is 0 Å². The average molecular weight is 334 g/mol. The van der Waals surface area contributed by atoms with Crippen LogP contribution in [0.4, 0.5) is 0 Å². The lowest BCUT2D eigenvalue weighted by Gasteiger charge is -2.17. The highest BCUT2D eigenvalue weighted by atomic mass is 35.5. The predicted octanol–water partition coefficient (Wildman–Crippen LogP) is 4.49. The fourth-order valence-corrected chi connectivity index (χ4v) is 2.79. The van der Waals surface area contributed by atoms with E-state index in [1.165, 1.54) is 0 Å². The van der Waals surface area contributed by atoms with Gasteiger partial charge in [0.25, 0.3) is 0 Å².